The third kappa shape index (κ3) is 4.55. The molecule has 0 aliphatic heterocycles. The van der Waals surface area contributed by atoms with E-state index in [4.69, 9.17) is 5.11 Å². The zero-order valence-electron chi connectivity index (χ0n) is 11.9. The summed E-state index contributed by atoms with van der Waals surface area (Å²) in [6, 6.07) is 7.00. The van der Waals surface area contributed by atoms with Crippen molar-refractivity contribution >= 4 is 17.7 Å². The van der Waals surface area contributed by atoms with Crippen LogP contribution in [0.25, 0.3) is 0 Å². The highest BCUT2D eigenvalue weighted by atomic mass is 16.4. The van der Waals surface area contributed by atoms with E-state index in [1.165, 1.54) is 11.8 Å². The number of carboxylic acid groups (broad SMARTS) is 1. The molecule has 2 amide bonds. The van der Waals surface area contributed by atoms with Gasteiger partial charge in [-0.15, -0.1) is 0 Å². The summed E-state index contributed by atoms with van der Waals surface area (Å²) in [6.45, 7) is 3.13. The van der Waals surface area contributed by atoms with Crippen LogP contribution in [-0.4, -0.2) is 41.4 Å². The highest BCUT2D eigenvalue weighted by molar-refractivity contribution is 5.92. The number of para-hydroxylation sites is 1. The molecule has 20 heavy (non-hydrogen) atoms. The minimum Gasteiger partial charge on any atom is -0.481 e. The van der Waals surface area contributed by atoms with Crippen LogP contribution in [-0.2, 0) is 4.79 Å². The van der Waals surface area contributed by atoms with E-state index >= 15 is 0 Å². The van der Waals surface area contributed by atoms with Gasteiger partial charge in [-0.2, -0.15) is 0 Å². The Labute approximate surface area is 118 Å². The molecule has 0 saturated heterocycles. The van der Waals surface area contributed by atoms with Crippen molar-refractivity contribution in [3.63, 3.8) is 0 Å². The second-order valence-electron chi connectivity index (χ2n) is 5.07. The van der Waals surface area contributed by atoms with Gasteiger partial charge in [0.15, 0.2) is 0 Å². The fraction of sp³-hybridized carbons (Fsp3) is 0.429. The van der Waals surface area contributed by atoms with Gasteiger partial charge in [0.1, 0.15) is 0 Å². The van der Waals surface area contributed by atoms with Gasteiger partial charge in [-0.25, -0.2) is 4.79 Å². The standard InChI is InChI=1S/C14H20N2O4/c1-10-6-4-5-7-11(10)16(3)13(19)15-9-14(2,20)8-12(17)18/h4-7,20H,8-9H2,1-3H3,(H,15,19)(H,17,18). The second-order valence-corrected chi connectivity index (χ2v) is 5.07. The van der Waals surface area contributed by atoms with Crippen molar-refractivity contribution in [3.8, 4) is 0 Å². The predicted octanol–water partition coefficient (Wildman–Crippen LogP) is 1.37. The van der Waals surface area contributed by atoms with Gasteiger partial charge in [0, 0.05) is 19.3 Å². The number of aliphatic carboxylic acids is 1. The van der Waals surface area contributed by atoms with E-state index in [9.17, 15) is 14.7 Å². The maximum atomic E-state index is 12.0. The Morgan fingerprint density at radius 1 is 1.35 bits per heavy atom. The Morgan fingerprint density at radius 2 is 1.95 bits per heavy atom. The van der Waals surface area contributed by atoms with E-state index in [0.29, 0.717) is 0 Å². The maximum absolute atomic E-state index is 12.0. The lowest BCUT2D eigenvalue weighted by molar-refractivity contribution is -0.141. The number of nitrogens with one attached hydrogen (secondary N) is 1. The number of carbonyl (C=O) groups excluding carboxylic acids is 1. The number of hydrogen-bond donors (Lipinski definition) is 3. The summed E-state index contributed by atoms with van der Waals surface area (Å²) >= 11 is 0. The number of hydrogen-bond acceptors (Lipinski definition) is 3. The summed E-state index contributed by atoms with van der Waals surface area (Å²) in [6.07, 6.45) is -0.429. The molecular weight excluding hydrogens is 260 g/mol. The number of aryl methyl sites for hydroxylation is 1. The minimum atomic E-state index is -1.48. The van der Waals surface area contributed by atoms with Gasteiger partial charge in [0.2, 0.25) is 0 Å². The number of nitrogens with zero attached hydrogens (tertiary/aromatic N) is 1. The van der Waals surface area contributed by atoms with Crippen molar-refractivity contribution in [2.45, 2.75) is 25.9 Å². The molecule has 6 nitrogen and oxygen atoms in total. The molecule has 3 N–H and O–H groups in total. The van der Waals surface area contributed by atoms with E-state index < -0.39 is 24.0 Å². The minimum absolute atomic E-state index is 0.131. The molecular formula is C14H20N2O4. The fourth-order valence-electron chi connectivity index (χ4n) is 1.82. The van der Waals surface area contributed by atoms with Gasteiger partial charge in [-0.05, 0) is 25.5 Å². The van der Waals surface area contributed by atoms with Crippen molar-refractivity contribution < 1.29 is 19.8 Å². The van der Waals surface area contributed by atoms with Crippen LogP contribution in [0.5, 0.6) is 0 Å². The zero-order valence-corrected chi connectivity index (χ0v) is 11.9. The van der Waals surface area contributed by atoms with Gasteiger partial charge in [0.25, 0.3) is 0 Å². The van der Waals surface area contributed by atoms with Crippen LogP contribution in [0.3, 0.4) is 0 Å². The summed E-state index contributed by atoms with van der Waals surface area (Å²) in [7, 11) is 1.61. The molecule has 0 saturated carbocycles. The van der Waals surface area contributed by atoms with Crippen molar-refractivity contribution in [1.29, 1.82) is 0 Å². The number of rotatable bonds is 5. The first-order valence-electron chi connectivity index (χ1n) is 6.24. The summed E-state index contributed by atoms with van der Waals surface area (Å²) < 4.78 is 0. The number of amides is 2. The summed E-state index contributed by atoms with van der Waals surface area (Å²) in [5, 5.41) is 21.0. The fourth-order valence-corrected chi connectivity index (χ4v) is 1.82. The summed E-state index contributed by atoms with van der Waals surface area (Å²) in [5.41, 5.74) is 0.221. The smallest absolute Gasteiger partial charge is 0.321 e. The topological polar surface area (TPSA) is 89.9 Å². The van der Waals surface area contributed by atoms with Crippen LogP contribution < -0.4 is 10.2 Å². The lowest BCUT2D eigenvalue weighted by Gasteiger charge is -2.25. The lowest BCUT2D eigenvalue weighted by Crippen LogP contribution is -2.46. The molecule has 1 aromatic rings. The molecule has 0 radical (unpaired) electrons. The molecule has 0 aromatic heterocycles. The molecule has 6 heteroatoms. The Kier molecular flexibility index (Phi) is 5.10. The summed E-state index contributed by atoms with van der Waals surface area (Å²) in [4.78, 5) is 24.0. The van der Waals surface area contributed by atoms with Crippen LogP contribution in [0.2, 0.25) is 0 Å². The molecule has 1 unspecified atom stereocenters. The number of aliphatic hydroxyl groups is 1. The lowest BCUT2D eigenvalue weighted by atomic mass is 10.0. The van der Waals surface area contributed by atoms with Crippen molar-refractivity contribution in [3.05, 3.63) is 29.8 Å². The van der Waals surface area contributed by atoms with E-state index in [2.05, 4.69) is 5.32 Å². The monoisotopic (exact) mass is 280 g/mol. The SMILES string of the molecule is Cc1ccccc1N(C)C(=O)NCC(C)(O)CC(=O)O. The third-order valence-electron chi connectivity index (χ3n) is 2.93. The van der Waals surface area contributed by atoms with Gasteiger partial charge in [-0.1, -0.05) is 18.2 Å². The number of anilines is 1. The number of carbonyl (C=O) groups is 2. The average molecular weight is 280 g/mol. The third-order valence-corrected chi connectivity index (χ3v) is 2.93. The first-order chi connectivity index (χ1) is 9.23. The maximum Gasteiger partial charge on any atom is 0.321 e. The molecule has 0 fully saturated rings. The molecule has 1 aromatic carbocycles. The number of carboxylic acids is 1. The van der Waals surface area contributed by atoms with E-state index in [1.807, 2.05) is 31.2 Å². The van der Waals surface area contributed by atoms with Crippen LogP contribution in [0.4, 0.5) is 10.5 Å². The zero-order chi connectivity index (χ0) is 15.3. The van der Waals surface area contributed by atoms with Crippen LogP contribution in [0.1, 0.15) is 18.9 Å². The van der Waals surface area contributed by atoms with Crippen molar-refractivity contribution in [2.24, 2.45) is 0 Å². The molecule has 0 bridgehead atoms. The molecule has 110 valence electrons. The van der Waals surface area contributed by atoms with Crippen molar-refractivity contribution in [2.75, 3.05) is 18.5 Å². The molecule has 1 atom stereocenters. The largest absolute Gasteiger partial charge is 0.481 e. The van der Waals surface area contributed by atoms with Crippen LogP contribution in [0, 0.1) is 6.92 Å². The highest BCUT2D eigenvalue weighted by Crippen LogP contribution is 2.18. The predicted molar refractivity (Wildman–Crippen MR) is 75.9 cm³/mol. The molecule has 1 rings (SSSR count). The van der Waals surface area contributed by atoms with Gasteiger partial charge in [-0.3, -0.25) is 9.69 Å². The number of benzene rings is 1. The van der Waals surface area contributed by atoms with Gasteiger partial charge in [0.05, 0.1) is 12.0 Å². The summed E-state index contributed by atoms with van der Waals surface area (Å²) in [5.74, 6) is -1.11. The Hall–Kier alpha value is -2.08. The Balaban J connectivity index is 2.63. The van der Waals surface area contributed by atoms with Crippen molar-refractivity contribution in [1.82, 2.24) is 5.32 Å². The van der Waals surface area contributed by atoms with E-state index in [-0.39, 0.29) is 6.54 Å². The Bertz CT molecular complexity index is 500. The first kappa shape index (κ1) is 16.0. The van der Waals surface area contributed by atoms with Crippen LogP contribution >= 0.6 is 0 Å². The quantitative estimate of drug-likeness (QED) is 0.759. The normalized spacial score (nSPS) is 13.4. The molecule has 0 aliphatic carbocycles. The Morgan fingerprint density at radius 3 is 2.50 bits per heavy atom. The highest BCUT2D eigenvalue weighted by Gasteiger charge is 2.25. The van der Waals surface area contributed by atoms with Gasteiger partial charge >= 0.3 is 12.0 Å². The average Bonchev–Trinajstić information content (AvgIpc) is 2.34. The van der Waals surface area contributed by atoms with Gasteiger partial charge < -0.3 is 15.5 Å². The molecule has 0 heterocycles. The van der Waals surface area contributed by atoms with E-state index in [1.54, 1.807) is 7.05 Å². The van der Waals surface area contributed by atoms with E-state index in [0.717, 1.165) is 11.3 Å². The number of urea groups is 1. The second kappa shape index (κ2) is 6.38. The first-order valence-corrected chi connectivity index (χ1v) is 6.24. The van der Waals surface area contributed by atoms with Crippen LogP contribution in [0.15, 0.2) is 24.3 Å². The molecule has 0 spiro atoms. The molecule has 0 aliphatic rings.